The summed E-state index contributed by atoms with van der Waals surface area (Å²) in [6, 6.07) is 18.6. The van der Waals surface area contributed by atoms with E-state index in [1.807, 2.05) is 17.0 Å². The summed E-state index contributed by atoms with van der Waals surface area (Å²) in [6.45, 7) is 4.84. The van der Waals surface area contributed by atoms with Gasteiger partial charge in [0, 0.05) is 45.1 Å². The van der Waals surface area contributed by atoms with Crippen LogP contribution in [0.2, 0.25) is 0 Å². The van der Waals surface area contributed by atoms with Crippen molar-refractivity contribution in [3.8, 4) is 11.5 Å². The zero-order chi connectivity index (χ0) is 26.2. The Morgan fingerprint density at radius 1 is 0.947 bits per heavy atom. The lowest BCUT2D eigenvalue weighted by Gasteiger charge is -2.45. The SMILES string of the molecule is COc1ccc(CN2CCOc3ccccc3CCCCC3(CCN(C(=O)c4ncccn4)CC3)C2)cc1. The van der Waals surface area contributed by atoms with Gasteiger partial charge in [0.2, 0.25) is 5.82 Å². The largest absolute Gasteiger partial charge is 0.497 e. The van der Waals surface area contributed by atoms with Gasteiger partial charge in [0.15, 0.2) is 0 Å². The third kappa shape index (κ3) is 6.51. The molecule has 0 atom stereocenters. The van der Waals surface area contributed by atoms with E-state index in [-0.39, 0.29) is 11.3 Å². The second kappa shape index (κ2) is 12.4. The number of para-hydroxylation sites is 1. The first-order valence-corrected chi connectivity index (χ1v) is 13.8. The lowest BCUT2D eigenvalue weighted by molar-refractivity contribution is 0.0354. The van der Waals surface area contributed by atoms with Crippen LogP contribution in [0.1, 0.15) is 53.8 Å². The van der Waals surface area contributed by atoms with Gasteiger partial charge in [-0.2, -0.15) is 0 Å². The first kappa shape index (κ1) is 26.2. The minimum absolute atomic E-state index is 0.0614. The quantitative estimate of drug-likeness (QED) is 0.487. The minimum atomic E-state index is -0.0614. The van der Waals surface area contributed by atoms with E-state index in [0.717, 1.165) is 69.9 Å². The molecular formula is C31H38N4O3. The summed E-state index contributed by atoms with van der Waals surface area (Å²) < 4.78 is 11.7. The van der Waals surface area contributed by atoms with Crippen LogP contribution in [0, 0.1) is 5.41 Å². The molecule has 0 unspecified atom stereocenters. The van der Waals surface area contributed by atoms with E-state index in [2.05, 4.69) is 51.3 Å². The maximum Gasteiger partial charge on any atom is 0.291 e. The average Bonchev–Trinajstić information content (AvgIpc) is 2.96. The van der Waals surface area contributed by atoms with Crippen LogP contribution in [-0.4, -0.2) is 65.6 Å². The molecule has 1 spiro atoms. The Bertz CT molecular complexity index is 1180. The van der Waals surface area contributed by atoms with Crippen molar-refractivity contribution in [1.82, 2.24) is 19.8 Å². The molecule has 7 nitrogen and oxygen atoms in total. The second-order valence-corrected chi connectivity index (χ2v) is 10.6. The molecule has 1 aromatic heterocycles. The summed E-state index contributed by atoms with van der Waals surface area (Å²) in [5, 5.41) is 0. The molecule has 7 heteroatoms. The molecule has 5 rings (SSSR count). The van der Waals surface area contributed by atoms with Crippen LogP contribution < -0.4 is 9.47 Å². The zero-order valence-electron chi connectivity index (χ0n) is 22.3. The number of piperidine rings is 1. The molecule has 38 heavy (non-hydrogen) atoms. The molecule has 3 heterocycles. The number of rotatable bonds is 4. The van der Waals surface area contributed by atoms with Gasteiger partial charge in [-0.1, -0.05) is 36.8 Å². The number of benzene rings is 2. The molecule has 0 aliphatic carbocycles. The number of nitrogens with zero attached hydrogens (tertiary/aromatic N) is 4. The highest BCUT2D eigenvalue weighted by Crippen LogP contribution is 2.39. The van der Waals surface area contributed by atoms with Crippen LogP contribution in [0.25, 0.3) is 0 Å². The average molecular weight is 515 g/mol. The molecule has 0 radical (unpaired) electrons. The normalized spacial score (nSPS) is 18.5. The lowest BCUT2D eigenvalue weighted by Crippen LogP contribution is -2.48. The number of hydrogen-bond acceptors (Lipinski definition) is 6. The van der Waals surface area contributed by atoms with Crippen LogP contribution in [0.4, 0.5) is 0 Å². The van der Waals surface area contributed by atoms with E-state index in [9.17, 15) is 4.79 Å². The summed E-state index contributed by atoms with van der Waals surface area (Å²) in [6.07, 6.45) is 9.76. The van der Waals surface area contributed by atoms with Gasteiger partial charge in [0.05, 0.1) is 7.11 Å². The second-order valence-electron chi connectivity index (χ2n) is 10.6. The third-order valence-electron chi connectivity index (χ3n) is 8.03. The number of aryl methyl sites for hydroxylation is 1. The van der Waals surface area contributed by atoms with Crippen molar-refractivity contribution >= 4 is 5.91 Å². The third-order valence-corrected chi connectivity index (χ3v) is 8.03. The molecule has 1 amide bonds. The standard InChI is InChI=1S/C31H38N4O3/c1-37-27-12-10-25(11-13-27)23-34-21-22-38-28-9-3-2-7-26(28)8-4-5-14-31(24-34)15-19-35(20-16-31)30(36)29-32-17-6-18-33-29/h2-3,6-7,9-13,17-18H,4-5,8,14-16,19-24H2,1H3. The molecule has 0 bridgehead atoms. The van der Waals surface area contributed by atoms with E-state index >= 15 is 0 Å². The zero-order valence-corrected chi connectivity index (χ0v) is 22.3. The topological polar surface area (TPSA) is 67.8 Å². The number of methoxy groups -OCH3 is 1. The van der Waals surface area contributed by atoms with Crippen molar-refractivity contribution in [2.24, 2.45) is 5.41 Å². The Hall–Kier alpha value is -3.45. The van der Waals surface area contributed by atoms with Crippen LogP contribution in [0.5, 0.6) is 11.5 Å². The molecule has 0 saturated carbocycles. The van der Waals surface area contributed by atoms with Gasteiger partial charge < -0.3 is 14.4 Å². The van der Waals surface area contributed by atoms with Gasteiger partial charge in [0.25, 0.3) is 5.91 Å². The van der Waals surface area contributed by atoms with Crippen molar-refractivity contribution < 1.29 is 14.3 Å². The minimum Gasteiger partial charge on any atom is -0.497 e. The lowest BCUT2D eigenvalue weighted by atomic mass is 9.73. The fraction of sp³-hybridized carbons (Fsp3) is 0.452. The van der Waals surface area contributed by atoms with Crippen molar-refractivity contribution in [3.05, 3.63) is 83.9 Å². The van der Waals surface area contributed by atoms with E-state index in [4.69, 9.17) is 9.47 Å². The summed E-state index contributed by atoms with van der Waals surface area (Å²) in [5.41, 5.74) is 2.73. The van der Waals surface area contributed by atoms with Crippen LogP contribution >= 0.6 is 0 Å². The van der Waals surface area contributed by atoms with Gasteiger partial charge in [0.1, 0.15) is 18.1 Å². The maximum atomic E-state index is 13.0. The first-order chi connectivity index (χ1) is 18.6. The molecule has 2 aliphatic rings. The van der Waals surface area contributed by atoms with Gasteiger partial charge in [-0.25, -0.2) is 9.97 Å². The van der Waals surface area contributed by atoms with Gasteiger partial charge in [-0.3, -0.25) is 9.69 Å². The summed E-state index contributed by atoms with van der Waals surface area (Å²) in [5.74, 6) is 2.12. The molecule has 1 saturated heterocycles. The molecule has 3 aromatic rings. The summed E-state index contributed by atoms with van der Waals surface area (Å²) in [4.78, 5) is 25.9. The Labute approximate surface area is 225 Å². The number of carbonyl (C=O) groups excluding carboxylic acids is 1. The number of carbonyl (C=O) groups is 1. The summed E-state index contributed by atoms with van der Waals surface area (Å²) >= 11 is 0. The Kier molecular flexibility index (Phi) is 8.54. The highest BCUT2D eigenvalue weighted by Gasteiger charge is 2.37. The van der Waals surface area contributed by atoms with E-state index < -0.39 is 0 Å². The predicted octanol–water partition coefficient (Wildman–Crippen LogP) is 5.02. The molecule has 200 valence electrons. The van der Waals surface area contributed by atoms with Gasteiger partial charge in [-0.15, -0.1) is 0 Å². The number of hydrogen-bond donors (Lipinski definition) is 0. The molecular weight excluding hydrogens is 476 g/mol. The highest BCUT2D eigenvalue weighted by molar-refractivity contribution is 5.90. The predicted molar refractivity (Wildman–Crippen MR) is 147 cm³/mol. The van der Waals surface area contributed by atoms with Crippen LogP contribution in [0.3, 0.4) is 0 Å². The smallest absolute Gasteiger partial charge is 0.291 e. The molecule has 1 fully saturated rings. The van der Waals surface area contributed by atoms with Crippen LogP contribution in [-0.2, 0) is 13.0 Å². The number of aromatic nitrogens is 2. The van der Waals surface area contributed by atoms with Gasteiger partial charge in [-0.05, 0) is 72.9 Å². The molecule has 0 N–H and O–H groups in total. The fourth-order valence-corrected chi connectivity index (χ4v) is 5.85. The number of amides is 1. The van der Waals surface area contributed by atoms with Crippen molar-refractivity contribution in [1.29, 1.82) is 0 Å². The van der Waals surface area contributed by atoms with E-state index in [1.165, 1.54) is 24.0 Å². The number of fused-ring (bicyclic) bond motifs is 1. The Balaban J connectivity index is 1.33. The monoisotopic (exact) mass is 514 g/mol. The van der Waals surface area contributed by atoms with Crippen molar-refractivity contribution in [3.63, 3.8) is 0 Å². The number of likely N-dealkylation sites (tertiary alicyclic amines) is 1. The Morgan fingerprint density at radius 3 is 2.47 bits per heavy atom. The van der Waals surface area contributed by atoms with Crippen LogP contribution in [0.15, 0.2) is 67.0 Å². The number of ether oxygens (including phenoxy) is 2. The first-order valence-electron chi connectivity index (χ1n) is 13.8. The molecule has 2 aromatic carbocycles. The van der Waals surface area contributed by atoms with E-state index in [1.54, 1.807) is 25.6 Å². The van der Waals surface area contributed by atoms with Crippen molar-refractivity contribution in [2.45, 2.75) is 45.1 Å². The molecule has 2 aliphatic heterocycles. The van der Waals surface area contributed by atoms with E-state index in [0.29, 0.717) is 12.4 Å². The Morgan fingerprint density at radius 2 is 1.71 bits per heavy atom. The maximum absolute atomic E-state index is 13.0. The highest BCUT2D eigenvalue weighted by atomic mass is 16.5. The fourth-order valence-electron chi connectivity index (χ4n) is 5.85. The van der Waals surface area contributed by atoms with Crippen molar-refractivity contribution in [2.75, 3.05) is 39.9 Å². The summed E-state index contributed by atoms with van der Waals surface area (Å²) in [7, 11) is 1.70. The van der Waals surface area contributed by atoms with Gasteiger partial charge >= 0.3 is 0 Å².